The molecule has 142 valence electrons. The minimum Gasteiger partial charge on any atom is -0.465 e. The Hall–Kier alpha value is -2.04. The van der Waals surface area contributed by atoms with E-state index < -0.39 is 12.1 Å². The average Bonchev–Trinajstić information content (AvgIpc) is 3.08. The normalized spacial score (nSPS) is 28.1. The van der Waals surface area contributed by atoms with Crippen LogP contribution in [-0.4, -0.2) is 34.6 Å². The number of amides is 2. The maximum Gasteiger partial charge on any atom is 0.407 e. The van der Waals surface area contributed by atoms with Gasteiger partial charge in [0.05, 0.1) is 0 Å². The van der Waals surface area contributed by atoms with Gasteiger partial charge in [-0.2, -0.15) is 0 Å². The molecule has 2 amide bonds. The first-order valence-electron chi connectivity index (χ1n) is 9.48. The topological polar surface area (TPSA) is 69.6 Å². The van der Waals surface area contributed by atoms with Crippen LogP contribution in [0.2, 0.25) is 0 Å². The van der Waals surface area contributed by atoms with E-state index in [2.05, 4.69) is 26.1 Å². The van der Waals surface area contributed by atoms with Crippen LogP contribution in [0, 0.1) is 37.0 Å². The number of hydrogen-bond donors (Lipinski definition) is 2. The van der Waals surface area contributed by atoms with Gasteiger partial charge in [0.1, 0.15) is 6.04 Å². The Kier molecular flexibility index (Phi) is 4.76. The van der Waals surface area contributed by atoms with Crippen molar-refractivity contribution in [2.45, 2.75) is 53.5 Å². The van der Waals surface area contributed by atoms with E-state index in [1.165, 1.54) is 4.90 Å². The lowest BCUT2D eigenvalue weighted by atomic mass is 9.71. The van der Waals surface area contributed by atoms with E-state index in [1.807, 2.05) is 32.0 Å². The largest absolute Gasteiger partial charge is 0.465 e. The molecule has 3 rings (SSSR count). The summed E-state index contributed by atoms with van der Waals surface area (Å²) in [6.45, 7) is 11.0. The standard InChI is InChI=1S/C21H30N2O3/c1-12-7-6-8-13(2)17(12)22-19(24)18-16-14(11-23(18)20(25)26)9-10-15(16)21(3,4)5/h6-8,14-16,18H,9-11H2,1-5H3,(H,22,24)(H,25,26). The van der Waals surface area contributed by atoms with Gasteiger partial charge >= 0.3 is 6.09 Å². The molecule has 1 saturated carbocycles. The third kappa shape index (κ3) is 3.19. The van der Waals surface area contributed by atoms with Crippen LogP contribution >= 0.6 is 0 Å². The minimum absolute atomic E-state index is 0.0606. The van der Waals surface area contributed by atoms with Crippen molar-refractivity contribution in [2.75, 3.05) is 11.9 Å². The summed E-state index contributed by atoms with van der Waals surface area (Å²) in [7, 11) is 0. The lowest BCUT2D eigenvalue weighted by Crippen LogP contribution is -2.48. The molecule has 2 fully saturated rings. The molecule has 4 unspecified atom stereocenters. The average molecular weight is 358 g/mol. The van der Waals surface area contributed by atoms with Gasteiger partial charge in [-0.05, 0) is 61.0 Å². The zero-order chi connectivity index (χ0) is 19.2. The second-order valence-corrected chi connectivity index (χ2v) is 9.02. The molecule has 1 heterocycles. The van der Waals surface area contributed by atoms with Gasteiger partial charge in [0.15, 0.2) is 0 Å². The SMILES string of the molecule is Cc1cccc(C)c1NC(=O)C1C2C(CCC2C(C)(C)C)CN1C(=O)O. The smallest absolute Gasteiger partial charge is 0.407 e. The van der Waals surface area contributed by atoms with Crippen LogP contribution in [0.25, 0.3) is 0 Å². The van der Waals surface area contributed by atoms with Crippen molar-refractivity contribution in [1.82, 2.24) is 4.90 Å². The summed E-state index contributed by atoms with van der Waals surface area (Å²) < 4.78 is 0. The number of para-hydroxylation sites is 1. The number of anilines is 1. The fourth-order valence-electron chi connectivity index (χ4n) is 5.10. The van der Waals surface area contributed by atoms with Gasteiger partial charge in [0.2, 0.25) is 5.91 Å². The van der Waals surface area contributed by atoms with Gasteiger partial charge in [0, 0.05) is 12.2 Å². The second kappa shape index (κ2) is 6.60. The molecule has 2 aliphatic rings. The number of carbonyl (C=O) groups excluding carboxylic acids is 1. The van der Waals surface area contributed by atoms with Gasteiger partial charge in [-0.25, -0.2) is 4.79 Å². The Morgan fingerprint density at radius 2 is 1.77 bits per heavy atom. The number of aryl methyl sites for hydroxylation is 2. The van der Waals surface area contributed by atoms with Crippen LogP contribution < -0.4 is 5.32 Å². The number of rotatable bonds is 2. The summed E-state index contributed by atoms with van der Waals surface area (Å²) in [5.41, 5.74) is 2.85. The van der Waals surface area contributed by atoms with Crippen molar-refractivity contribution in [3.05, 3.63) is 29.3 Å². The van der Waals surface area contributed by atoms with E-state index in [9.17, 15) is 14.7 Å². The van der Waals surface area contributed by atoms with Crippen LogP contribution in [0.4, 0.5) is 10.5 Å². The molecule has 26 heavy (non-hydrogen) atoms. The van der Waals surface area contributed by atoms with Crippen molar-refractivity contribution in [2.24, 2.45) is 23.2 Å². The first-order valence-corrected chi connectivity index (χ1v) is 9.48. The monoisotopic (exact) mass is 358 g/mol. The summed E-state index contributed by atoms with van der Waals surface area (Å²) in [6, 6.07) is 5.27. The third-order valence-corrected chi connectivity index (χ3v) is 6.35. The number of fused-ring (bicyclic) bond motifs is 1. The molecule has 5 nitrogen and oxygen atoms in total. The number of nitrogens with one attached hydrogen (secondary N) is 1. The summed E-state index contributed by atoms with van der Waals surface area (Å²) in [4.78, 5) is 26.4. The first kappa shape index (κ1) is 18.7. The molecule has 1 aromatic rings. The third-order valence-electron chi connectivity index (χ3n) is 6.35. The van der Waals surface area contributed by atoms with E-state index in [4.69, 9.17) is 0 Å². The van der Waals surface area contributed by atoms with Crippen molar-refractivity contribution in [3.8, 4) is 0 Å². The van der Waals surface area contributed by atoms with Gasteiger partial charge in [-0.15, -0.1) is 0 Å². The maximum atomic E-state index is 13.2. The molecule has 0 radical (unpaired) electrons. The summed E-state index contributed by atoms with van der Waals surface area (Å²) >= 11 is 0. The van der Waals surface area contributed by atoms with Crippen molar-refractivity contribution in [1.29, 1.82) is 0 Å². The van der Waals surface area contributed by atoms with E-state index in [0.29, 0.717) is 12.5 Å². The number of benzene rings is 1. The quantitative estimate of drug-likeness (QED) is 0.828. The molecular weight excluding hydrogens is 328 g/mol. The minimum atomic E-state index is -0.992. The second-order valence-electron chi connectivity index (χ2n) is 9.02. The van der Waals surface area contributed by atoms with Crippen LogP contribution in [0.1, 0.15) is 44.7 Å². The van der Waals surface area contributed by atoms with Gasteiger partial charge in [0.25, 0.3) is 0 Å². The van der Waals surface area contributed by atoms with Gasteiger partial charge in [-0.1, -0.05) is 39.0 Å². The molecule has 1 aliphatic heterocycles. The highest BCUT2D eigenvalue weighted by Gasteiger charge is 2.56. The zero-order valence-electron chi connectivity index (χ0n) is 16.4. The lowest BCUT2D eigenvalue weighted by Gasteiger charge is -2.36. The Labute approximate surface area is 155 Å². The van der Waals surface area contributed by atoms with E-state index in [0.717, 1.165) is 29.7 Å². The molecule has 2 N–H and O–H groups in total. The number of carbonyl (C=O) groups is 2. The van der Waals surface area contributed by atoms with E-state index in [-0.39, 0.29) is 23.2 Å². The van der Waals surface area contributed by atoms with Crippen molar-refractivity contribution >= 4 is 17.7 Å². The van der Waals surface area contributed by atoms with Crippen molar-refractivity contribution < 1.29 is 14.7 Å². The van der Waals surface area contributed by atoms with Gasteiger partial charge < -0.3 is 10.4 Å². The molecule has 4 atom stereocenters. The number of likely N-dealkylation sites (tertiary alicyclic amines) is 1. The maximum absolute atomic E-state index is 13.2. The molecule has 5 heteroatoms. The molecule has 1 aliphatic carbocycles. The van der Waals surface area contributed by atoms with Crippen LogP contribution in [0.15, 0.2) is 18.2 Å². The van der Waals surface area contributed by atoms with E-state index >= 15 is 0 Å². The predicted octanol–water partition coefficient (Wildman–Crippen LogP) is 4.29. The zero-order valence-corrected chi connectivity index (χ0v) is 16.4. The fraction of sp³-hybridized carbons (Fsp3) is 0.619. The van der Waals surface area contributed by atoms with Crippen molar-refractivity contribution in [3.63, 3.8) is 0 Å². The van der Waals surface area contributed by atoms with Crippen LogP contribution in [0.5, 0.6) is 0 Å². The summed E-state index contributed by atoms with van der Waals surface area (Å²) in [5, 5.41) is 12.7. The Bertz CT molecular complexity index is 702. The fourth-order valence-corrected chi connectivity index (χ4v) is 5.10. The summed E-state index contributed by atoms with van der Waals surface area (Å²) in [5.74, 6) is 0.540. The highest BCUT2D eigenvalue weighted by Crippen LogP contribution is 2.52. The Balaban J connectivity index is 1.93. The molecule has 0 spiro atoms. The molecular formula is C21H30N2O3. The highest BCUT2D eigenvalue weighted by atomic mass is 16.4. The lowest BCUT2D eigenvalue weighted by molar-refractivity contribution is -0.121. The van der Waals surface area contributed by atoms with Gasteiger partial charge in [-0.3, -0.25) is 9.69 Å². The first-order chi connectivity index (χ1) is 12.1. The Morgan fingerprint density at radius 3 is 2.31 bits per heavy atom. The Morgan fingerprint density at radius 1 is 1.15 bits per heavy atom. The number of hydrogen-bond acceptors (Lipinski definition) is 2. The summed E-state index contributed by atoms with van der Waals surface area (Å²) in [6.07, 6.45) is 1.08. The molecule has 1 aromatic carbocycles. The van der Waals surface area contributed by atoms with E-state index in [1.54, 1.807) is 0 Å². The number of carboxylic acid groups (broad SMARTS) is 1. The highest BCUT2D eigenvalue weighted by molar-refractivity contribution is 5.98. The predicted molar refractivity (Wildman–Crippen MR) is 102 cm³/mol. The van der Waals surface area contributed by atoms with Crippen LogP contribution in [0.3, 0.4) is 0 Å². The molecule has 0 aromatic heterocycles. The molecule has 0 bridgehead atoms. The number of nitrogens with zero attached hydrogens (tertiary/aromatic N) is 1. The van der Waals surface area contributed by atoms with Crippen LogP contribution in [-0.2, 0) is 4.79 Å². The molecule has 1 saturated heterocycles.